The molecule has 0 aliphatic carbocycles. The highest BCUT2D eigenvalue weighted by Gasteiger charge is 2.40. The normalized spacial score (nSPS) is 20.2. The minimum absolute atomic E-state index is 0.0561. The molecule has 0 aromatic heterocycles. The quantitative estimate of drug-likeness (QED) is 0.563. The molecule has 0 spiro atoms. The molecule has 1 fully saturated rings. The van der Waals surface area contributed by atoms with Crippen molar-refractivity contribution in [1.29, 1.82) is 0 Å². The molecule has 0 bridgehead atoms. The Morgan fingerprint density at radius 1 is 1.38 bits per heavy atom. The van der Waals surface area contributed by atoms with E-state index in [1.807, 2.05) is 0 Å². The molecule has 0 radical (unpaired) electrons. The van der Waals surface area contributed by atoms with Gasteiger partial charge in [-0.2, -0.15) is 4.31 Å². The van der Waals surface area contributed by atoms with Crippen molar-refractivity contribution in [2.45, 2.75) is 17.9 Å². The Bertz CT molecular complexity index is 701. The SMILES string of the molecule is COc1cc(N)ccc1S(=O)(=O)N1CC(=O)NC(=O)C1C. The maximum atomic E-state index is 12.7. The van der Waals surface area contributed by atoms with Crippen LogP contribution in [0.3, 0.4) is 0 Å². The number of benzene rings is 1. The fourth-order valence-electron chi connectivity index (χ4n) is 2.01. The Labute approximate surface area is 121 Å². The number of carbonyl (C=O) groups excluding carboxylic acids is 2. The standard InChI is InChI=1S/C12H15N3O5S/c1-7-12(17)14-11(16)6-15(7)21(18,19)10-4-3-8(13)5-9(10)20-2/h3-5,7H,6,13H2,1-2H3,(H,14,16,17). The molecule has 1 unspecified atom stereocenters. The molecule has 2 amide bonds. The number of nitrogens with zero attached hydrogens (tertiary/aromatic N) is 1. The van der Waals surface area contributed by atoms with Crippen LogP contribution in [0.25, 0.3) is 0 Å². The largest absolute Gasteiger partial charge is 0.495 e. The van der Waals surface area contributed by atoms with Gasteiger partial charge in [0.25, 0.3) is 0 Å². The summed E-state index contributed by atoms with van der Waals surface area (Å²) < 4.78 is 31.2. The van der Waals surface area contributed by atoms with E-state index in [1.165, 1.54) is 32.2 Å². The van der Waals surface area contributed by atoms with Crippen molar-refractivity contribution in [3.63, 3.8) is 0 Å². The second kappa shape index (κ2) is 5.34. The Morgan fingerprint density at radius 3 is 2.67 bits per heavy atom. The molecule has 114 valence electrons. The summed E-state index contributed by atoms with van der Waals surface area (Å²) in [6.07, 6.45) is 0. The van der Waals surface area contributed by atoms with E-state index in [2.05, 4.69) is 5.32 Å². The van der Waals surface area contributed by atoms with Crippen LogP contribution < -0.4 is 15.8 Å². The van der Waals surface area contributed by atoms with Gasteiger partial charge in [0.15, 0.2) is 0 Å². The van der Waals surface area contributed by atoms with Crippen molar-refractivity contribution in [3.8, 4) is 5.75 Å². The van der Waals surface area contributed by atoms with Crippen LogP contribution in [0.2, 0.25) is 0 Å². The van der Waals surface area contributed by atoms with Crippen molar-refractivity contribution < 1.29 is 22.7 Å². The molecule has 1 saturated heterocycles. The van der Waals surface area contributed by atoms with Crippen molar-refractivity contribution in [3.05, 3.63) is 18.2 Å². The summed E-state index contributed by atoms with van der Waals surface area (Å²) in [5.41, 5.74) is 5.93. The lowest BCUT2D eigenvalue weighted by molar-refractivity contribution is -0.136. The molecule has 2 rings (SSSR count). The van der Waals surface area contributed by atoms with Crippen LogP contribution >= 0.6 is 0 Å². The van der Waals surface area contributed by atoms with Gasteiger partial charge in [0.05, 0.1) is 13.7 Å². The third-order valence-corrected chi connectivity index (χ3v) is 5.10. The van der Waals surface area contributed by atoms with E-state index in [4.69, 9.17) is 10.5 Å². The van der Waals surface area contributed by atoms with E-state index >= 15 is 0 Å². The van der Waals surface area contributed by atoms with E-state index in [1.54, 1.807) is 0 Å². The molecule has 1 aliphatic rings. The minimum atomic E-state index is -4.07. The number of ether oxygens (including phenoxy) is 1. The second-order valence-electron chi connectivity index (χ2n) is 4.55. The van der Waals surface area contributed by atoms with Gasteiger partial charge in [-0.05, 0) is 19.1 Å². The highest BCUT2D eigenvalue weighted by Crippen LogP contribution is 2.30. The predicted octanol–water partition coefficient (Wildman–Crippen LogP) is -0.687. The van der Waals surface area contributed by atoms with Gasteiger partial charge in [-0.3, -0.25) is 14.9 Å². The van der Waals surface area contributed by atoms with Gasteiger partial charge in [0.1, 0.15) is 16.7 Å². The van der Waals surface area contributed by atoms with Crippen molar-refractivity contribution in [2.24, 2.45) is 0 Å². The van der Waals surface area contributed by atoms with Crippen molar-refractivity contribution in [2.75, 3.05) is 19.4 Å². The number of carbonyl (C=O) groups is 2. The number of sulfonamides is 1. The van der Waals surface area contributed by atoms with Gasteiger partial charge in [0.2, 0.25) is 21.8 Å². The zero-order chi connectivity index (χ0) is 15.8. The first-order valence-corrected chi connectivity index (χ1v) is 7.50. The highest BCUT2D eigenvalue weighted by atomic mass is 32.2. The summed E-state index contributed by atoms with van der Waals surface area (Å²) >= 11 is 0. The number of anilines is 1. The van der Waals surface area contributed by atoms with E-state index in [0.717, 1.165) is 4.31 Å². The number of rotatable bonds is 3. The topological polar surface area (TPSA) is 119 Å². The van der Waals surface area contributed by atoms with Gasteiger partial charge in [-0.15, -0.1) is 0 Å². The minimum Gasteiger partial charge on any atom is -0.495 e. The maximum Gasteiger partial charge on any atom is 0.247 e. The van der Waals surface area contributed by atoms with Gasteiger partial charge in [-0.25, -0.2) is 8.42 Å². The molecule has 9 heteroatoms. The molecule has 1 atom stereocenters. The molecule has 1 aliphatic heterocycles. The zero-order valence-corrected chi connectivity index (χ0v) is 12.3. The number of nitrogens with one attached hydrogen (secondary N) is 1. The van der Waals surface area contributed by atoms with Crippen LogP contribution in [-0.4, -0.2) is 44.2 Å². The number of amides is 2. The fraction of sp³-hybridized carbons (Fsp3) is 0.333. The Kier molecular flexibility index (Phi) is 3.88. The Balaban J connectivity index is 2.51. The molecular weight excluding hydrogens is 298 g/mol. The van der Waals surface area contributed by atoms with E-state index in [9.17, 15) is 18.0 Å². The van der Waals surface area contributed by atoms with E-state index in [0.29, 0.717) is 5.69 Å². The van der Waals surface area contributed by atoms with E-state index in [-0.39, 0.29) is 10.6 Å². The van der Waals surface area contributed by atoms with Crippen LogP contribution in [0, 0.1) is 0 Å². The second-order valence-corrected chi connectivity index (χ2v) is 6.41. The van der Waals surface area contributed by atoms with Gasteiger partial charge in [0, 0.05) is 11.8 Å². The first-order valence-electron chi connectivity index (χ1n) is 6.06. The summed E-state index contributed by atoms with van der Waals surface area (Å²) in [4.78, 5) is 22.9. The number of piperazine rings is 1. The van der Waals surface area contributed by atoms with Gasteiger partial charge in [-0.1, -0.05) is 0 Å². The molecule has 0 saturated carbocycles. The molecule has 21 heavy (non-hydrogen) atoms. The van der Waals surface area contributed by atoms with E-state index < -0.39 is 34.4 Å². The summed E-state index contributed by atoms with van der Waals surface area (Å²) in [7, 11) is -2.75. The number of hydrogen-bond donors (Lipinski definition) is 2. The summed E-state index contributed by atoms with van der Waals surface area (Å²) in [5.74, 6) is -1.28. The average molecular weight is 313 g/mol. The number of nitrogens with two attached hydrogens (primary N) is 1. The van der Waals surface area contributed by atoms with Gasteiger partial charge < -0.3 is 10.5 Å². The first kappa shape index (κ1) is 15.3. The predicted molar refractivity (Wildman–Crippen MR) is 73.9 cm³/mol. The smallest absolute Gasteiger partial charge is 0.247 e. The van der Waals surface area contributed by atoms with Crippen molar-refractivity contribution >= 4 is 27.5 Å². The van der Waals surface area contributed by atoms with Crippen LogP contribution in [-0.2, 0) is 19.6 Å². The number of hydrogen-bond acceptors (Lipinski definition) is 6. The maximum absolute atomic E-state index is 12.7. The highest BCUT2D eigenvalue weighted by molar-refractivity contribution is 7.89. The molecule has 8 nitrogen and oxygen atoms in total. The third kappa shape index (κ3) is 2.69. The number of imide groups is 1. The van der Waals surface area contributed by atoms with Crippen molar-refractivity contribution in [1.82, 2.24) is 9.62 Å². The summed E-state index contributed by atoms with van der Waals surface area (Å²) in [5, 5.41) is 2.09. The molecular formula is C12H15N3O5S. The Morgan fingerprint density at radius 2 is 2.05 bits per heavy atom. The van der Waals surface area contributed by atoms with Crippen LogP contribution in [0.1, 0.15) is 6.92 Å². The van der Waals surface area contributed by atoms with Gasteiger partial charge >= 0.3 is 0 Å². The number of methoxy groups -OCH3 is 1. The first-order chi connectivity index (χ1) is 9.77. The fourth-order valence-corrected chi connectivity index (χ4v) is 3.70. The van der Waals surface area contributed by atoms with Crippen LogP contribution in [0.15, 0.2) is 23.1 Å². The average Bonchev–Trinajstić information content (AvgIpc) is 2.42. The lowest BCUT2D eigenvalue weighted by atomic mass is 10.2. The lowest BCUT2D eigenvalue weighted by Gasteiger charge is -2.31. The molecule has 1 heterocycles. The molecule has 1 aromatic carbocycles. The summed E-state index contributed by atoms with van der Waals surface area (Å²) in [6.45, 7) is 0.978. The zero-order valence-electron chi connectivity index (χ0n) is 11.5. The molecule has 1 aromatic rings. The van der Waals surface area contributed by atoms with Crippen LogP contribution in [0.4, 0.5) is 5.69 Å². The summed E-state index contributed by atoms with van der Waals surface area (Å²) in [6, 6.07) is 3.07. The Hall–Kier alpha value is -2.13. The number of nitrogen functional groups attached to an aromatic ring is 1. The lowest BCUT2D eigenvalue weighted by Crippen LogP contribution is -2.58. The third-order valence-electron chi connectivity index (χ3n) is 3.15. The van der Waals surface area contributed by atoms with Crippen LogP contribution in [0.5, 0.6) is 5.75 Å². The monoisotopic (exact) mass is 313 g/mol. The molecule has 3 N–H and O–H groups in total.